The molecule has 0 atom stereocenters. The van der Waals surface area contributed by atoms with Gasteiger partial charge in [0.2, 0.25) is 0 Å². The summed E-state index contributed by atoms with van der Waals surface area (Å²) in [5, 5.41) is 0. The van der Waals surface area contributed by atoms with Gasteiger partial charge in [-0.05, 0) is 227 Å². The number of imidazole rings is 3. The summed E-state index contributed by atoms with van der Waals surface area (Å²) in [5.74, 6) is 0.562. The molecule has 6 aromatic heterocycles. The number of rotatable bonds is 13. The highest BCUT2D eigenvalue weighted by molar-refractivity contribution is 6.26. The number of carbonyl (C=O) groups excluding carboxylic acids is 5. The molecule has 6 aliphatic heterocycles. The zero-order valence-electron chi connectivity index (χ0n) is 54.4. The molecule has 3 fully saturated rings. The normalized spacial score (nSPS) is 16.7. The van der Waals surface area contributed by atoms with Crippen molar-refractivity contribution in [2.75, 3.05) is 78.5 Å². The fourth-order valence-corrected chi connectivity index (χ4v) is 14.9. The monoisotopic (exact) mass is 1260 g/mol. The number of benzene rings is 3. The Morgan fingerprint density at radius 1 is 0.355 bits per heavy atom. The number of amides is 5. The highest BCUT2D eigenvalue weighted by Gasteiger charge is 2.42. The minimum Gasteiger partial charge on any atom is -0.338 e. The highest BCUT2D eigenvalue weighted by Crippen LogP contribution is 2.40. The molecule has 0 unspecified atom stereocenters. The summed E-state index contributed by atoms with van der Waals surface area (Å²) < 4.78 is 0. The Hall–Kier alpha value is -9.45. The Labute approximate surface area is 536 Å². The smallest absolute Gasteiger partial charge is 0.261 e. The first-order valence-electron chi connectivity index (χ1n) is 32.5. The van der Waals surface area contributed by atoms with E-state index in [-0.39, 0.29) is 46.2 Å². The Bertz CT molecular complexity index is 4650. The first-order chi connectivity index (χ1) is 44.7. The summed E-state index contributed by atoms with van der Waals surface area (Å²) in [6, 6.07) is 5.50. The summed E-state index contributed by atoms with van der Waals surface area (Å²) in [6.45, 7) is 28.2. The van der Waals surface area contributed by atoms with Crippen LogP contribution in [0.3, 0.4) is 0 Å². The van der Waals surface area contributed by atoms with E-state index >= 15 is 0 Å². The van der Waals surface area contributed by atoms with E-state index < -0.39 is 0 Å². The molecule has 0 spiro atoms. The van der Waals surface area contributed by atoms with E-state index in [2.05, 4.69) is 54.6 Å². The Morgan fingerprint density at radius 3 is 1.08 bits per heavy atom. The first kappa shape index (κ1) is 62.4. The Kier molecular flexibility index (Phi) is 16.7. The maximum Gasteiger partial charge on any atom is 0.261 e. The first-order valence-corrected chi connectivity index (χ1v) is 32.5. The van der Waals surface area contributed by atoms with Crippen LogP contribution in [-0.4, -0.2) is 182 Å². The molecule has 3 saturated heterocycles. The van der Waals surface area contributed by atoms with E-state index in [9.17, 15) is 38.4 Å². The molecule has 15 rings (SSSR count). The summed E-state index contributed by atoms with van der Waals surface area (Å²) in [7, 11) is 0. The van der Waals surface area contributed by atoms with Crippen LogP contribution in [-0.2, 0) is 6.54 Å². The van der Waals surface area contributed by atoms with Crippen LogP contribution in [0.5, 0.6) is 0 Å². The summed E-state index contributed by atoms with van der Waals surface area (Å²) in [4.78, 5) is 147. The second-order valence-corrected chi connectivity index (χ2v) is 25.9. The lowest BCUT2D eigenvalue weighted by Gasteiger charge is -2.20. The number of hydrogen-bond donors (Lipinski definition) is 6. The van der Waals surface area contributed by atoms with E-state index in [1.165, 1.54) is 48.3 Å². The third-order valence-electron chi connectivity index (χ3n) is 20.1. The average Bonchev–Trinajstić information content (AvgIpc) is 1.59. The van der Waals surface area contributed by atoms with Crippen LogP contribution in [0.25, 0.3) is 67.3 Å². The average molecular weight is 1260 g/mol. The molecule has 0 bridgehead atoms. The second kappa shape index (κ2) is 24.9. The van der Waals surface area contributed by atoms with Gasteiger partial charge < -0.3 is 49.5 Å². The maximum absolute atomic E-state index is 13.2. The van der Waals surface area contributed by atoms with Gasteiger partial charge in [0.1, 0.15) is 17.5 Å². The number of nitrogens with zero attached hydrogens (tertiary/aromatic N) is 9. The van der Waals surface area contributed by atoms with E-state index in [1.807, 2.05) is 85.4 Å². The number of aryl methyl sites for hydroxylation is 9. The number of carbonyl (C=O) groups is 5. The number of aromatic amines is 6. The fraction of sp³-hybridized carbons (Fsp3) is 0.414. The lowest BCUT2D eigenvalue weighted by atomic mass is 9.97. The quantitative estimate of drug-likeness (QED) is 0.0592. The van der Waals surface area contributed by atoms with Crippen molar-refractivity contribution in [3.8, 4) is 34.2 Å². The number of fused-ring (bicyclic) bond motifs is 6. The molecule has 0 radical (unpaired) electrons. The van der Waals surface area contributed by atoms with Crippen molar-refractivity contribution in [2.24, 2.45) is 0 Å². The van der Waals surface area contributed by atoms with Crippen molar-refractivity contribution in [2.45, 2.75) is 114 Å². The van der Waals surface area contributed by atoms with Gasteiger partial charge in [0.05, 0.1) is 77.6 Å². The summed E-state index contributed by atoms with van der Waals surface area (Å²) in [6.07, 6.45) is 12.9. The predicted octanol–water partition coefficient (Wildman–Crippen LogP) is 8.36. The summed E-state index contributed by atoms with van der Waals surface area (Å²) in [5.41, 5.74) is 16.0. The lowest BCUT2D eigenvalue weighted by molar-refractivity contribution is 0.0628. The second-order valence-electron chi connectivity index (χ2n) is 25.9. The molecule has 0 aliphatic carbocycles. The van der Waals surface area contributed by atoms with Crippen LogP contribution in [0, 0.1) is 62.3 Å². The van der Waals surface area contributed by atoms with Gasteiger partial charge in [0.25, 0.3) is 46.2 Å². The molecule has 0 saturated carbocycles. The summed E-state index contributed by atoms with van der Waals surface area (Å²) >= 11 is 0. The van der Waals surface area contributed by atoms with Gasteiger partial charge in [-0.2, -0.15) is 0 Å². The van der Waals surface area contributed by atoms with Crippen molar-refractivity contribution >= 4 is 62.6 Å². The largest absolute Gasteiger partial charge is 0.338 e. The van der Waals surface area contributed by atoms with E-state index in [0.717, 1.165) is 115 Å². The van der Waals surface area contributed by atoms with Crippen LogP contribution < -0.4 is 16.7 Å². The van der Waals surface area contributed by atoms with Crippen LogP contribution in [0.2, 0.25) is 0 Å². The van der Waals surface area contributed by atoms with Crippen molar-refractivity contribution in [3.05, 3.63) is 151 Å². The molecule has 6 N–H and O–H groups in total. The van der Waals surface area contributed by atoms with Gasteiger partial charge in [0.15, 0.2) is 0 Å². The Balaban J connectivity index is 0.000000127. The minimum atomic E-state index is -0.250. The van der Waals surface area contributed by atoms with Crippen molar-refractivity contribution in [3.63, 3.8) is 0 Å². The SMILES string of the molecule is Cc1cc[nH]c(=O)c1-c1nc2c(C)c3c(c(C)c2[nH]1)C(=O)N(CCCN1CCCC1)C3=O.Cc1cc[nH]c(=O)c1-c1nc2c(C)c3c(c(C)c2[nH]1)C(=O)N(CCN1CCCC1)C3=O.Cc1cc[nH]c(=O)c1-c1nc2c(C)c3c(c(C)c2[nH]1)CN(CCN1CCCC1)C3=O. The molecule has 93 heavy (non-hydrogen) atoms. The number of imide groups is 2. The molecule has 23 heteroatoms. The fourth-order valence-electron chi connectivity index (χ4n) is 14.9. The van der Waals surface area contributed by atoms with Gasteiger partial charge in [0, 0.05) is 57.9 Å². The van der Waals surface area contributed by atoms with Crippen molar-refractivity contribution in [1.29, 1.82) is 0 Å². The standard InChI is InChI=1S/C24H27N5O3.C23H25N5O3.C23H27N5O2/c1-13-7-8-25-22(30)16(13)21-26-19-14(2)17-18(15(3)20(19)27-21)24(32)29(23(17)31)12-6-11-28-9-4-5-10-28;1-12-6-7-24-21(29)15(12)20-25-18-13(2)16-17(14(3)19(18)26-20)23(31)28(22(16)30)11-10-27-8-4-5-9-27;1-13-6-7-24-22(29)17(13)21-25-19-14(2)16-12-28(11-10-27-8-4-5-9-27)23(30)18(16)15(3)20(19)26-21/h7-8H,4-6,9-12H2,1-3H3,(H,25,30)(H,26,27);6-7H,4-5,8-11H2,1-3H3,(H,24,29)(H,25,26);6-7H,4-5,8-12H2,1-3H3,(H,24,29)(H,25,26). The maximum atomic E-state index is 13.2. The zero-order valence-corrected chi connectivity index (χ0v) is 54.4. The van der Waals surface area contributed by atoms with E-state index in [0.29, 0.717) is 127 Å². The number of hydrogen-bond acceptors (Lipinski definition) is 14. The van der Waals surface area contributed by atoms with Crippen LogP contribution in [0.1, 0.15) is 152 Å². The molecular weight excluding hydrogens is 1180 g/mol. The van der Waals surface area contributed by atoms with E-state index in [1.54, 1.807) is 18.6 Å². The van der Waals surface area contributed by atoms with Gasteiger partial charge in [-0.3, -0.25) is 48.2 Å². The minimum absolute atomic E-state index is 0.102. The molecule has 5 amide bonds. The third-order valence-corrected chi connectivity index (χ3v) is 20.1. The molecule has 23 nitrogen and oxygen atoms in total. The van der Waals surface area contributed by atoms with Gasteiger partial charge in [-0.15, -0.1) is 0 Å². The van der Waals surface area contributed by atoms with E-state index in [4.69, 9.17) is 4.98 Å². The van der Waals surface area contributed by atoms with Crippen LogP contribution in [0.4, 0.5) is 0 Å². The molecule has 6 aliphatic rings. The molecule has 12 heterocycles. The van der Waals surface area contributed by atoms with Crippen LogP contribution >= 0.6 is 0 Å². The van der Waals surface area contributed by atoms with Gasteiger partial charge >= 0.3 is 0 Å². The number of likely N-dealkylation sites (tertiary alicyclic amines) is 3. The Morgan fingerprint density at radius 2 is 0.688 bits per heavy atom. The van der Waals surface area contributed by atoms with Crippen molar-refractivity contribution < 1.29 is 24.0 Å². The lowest BCUT2D eigenvalue weighted by Crippen LogP contribution is -2.37. The number of H-pyrrole nitrogens is 6. The molecule has 482 valence electrons. The van der Waals surface area contributed by atoms with Gasteiger partial charge in [-0.25, -0.2) is 15.0 Å². The third kappa shape index (κ3) is 10.9. The number of aromatic nitrogens is 9. The highest BCUT2D eigenvalue weighted by atomic mass is 16.2. The molecule has 9 aromatic rings. The zero-order chi connectivity index (χ0) is 65.4. The predicted molar refractivity (Wildman–Crippen MR) is 356 cm³/mol. The topological polar surface area (TPSA) is 289 Å². The van der Waals surface area contributed by atoms with Crippen molar-refractivity contribution in [1.82, 2.24) is 74.3 Å². The molecule has 3 aromatic carbocycles. The molecular formula is C70H79N15O8. The number of pyridine rings is 3. The van der Waals surface area contributed by atoms with Crippen LogP contribution in [0.15, 0.2) is 51.2 Å². The van der Waals surface area contributed by atoms with Gasteiger partial charge in [-0.1, -0.05) is 0 Å². The number of nitrogens with one attached hydrogen (secondary N) is 6.